The third-order valence-electron chi connectivity index (χ3n) is 4.13. The summed E-state index contributed by atoms with van der Waals surface area (Å²) in [6.45, 7) is 0.446. The highest BCUT2D eigenvalue weighted by atomic mass is 32.2. The van der Waals surface area contributed by atoms with Gasteiger partial charge in [-0.05, 0) is 25.0 Å². The van der Waals surface area contributed by atoms with E-state index < -0.39 is 21.7 Å². The number of ether oxygens (including phenoxy) is 1. The smallest absolute Gasteiger partial charge is 0.257 e. The first-order valence-corrected chi connectivity index (χ1v) is 9.42. The number of sulfonamides is 1. The molecule has 7 nitrogen and oxygen atoms in total. The van der Waals surface area contributed by atoms with Crippen LogP contribution in [0.3, 0.4) is 0 Å². The number of methoxy groups -OCH3 is 1. The van der Waals surface area contributed by atoms with Crippen molar-refractivity contribution in [2.75, 3.05) is 25.5 Å². The first kappa shape index (κ1) is 18.5. The predicted molar refractivity (Wildman–Crippen MR) is 90.3 cm³/mol. The number of halogens is 2. The van der Waals surface area contributed by atoms with Crippen LogP contribution in [0.15, 0.2) is 35.5 Å². The van der Waals surface area contributed by atoms with Crippen molar-refractivity contribution in [1.29, 1.82) is 0 Å². The summed E-state index contributed by atoms with van der Waals surface area (Å²) in [7, 11) is -2.45. The maximum absolute atomic E-state index is 13.3. The quantitative estimate of drug-likeness (QED) is 0.849. The van der Waals surface area contributed by atoms with Gasteiger partial charge >= 0.3 is 0 Å². The Balaban J connectivity index is 1.68. The molecule has 2 aromatic rings. The number of anilines is 1. The van der Waals surface area contributed by atoms with Crippen LogP contribution in [-0.4, -0.2) is 48.9 Å². The highest BCUT2D eigenvalue weighted by Crippen LogP contribution is 2.25. The summed E-state index contributed by atoms with van der Waals surface area (Å²) in [6, 6.07) is 2.28. The first-order valence-electron chi connectivity index (χ1n) is 7.98. The van der Waals surface area contributed by atoms with Gasteiger partial charge in [-0.1, -0.05) is 0 Å². The number of hydrogen-bond donors (Lipinski definition) is 1. The summed E-state index contributed by atoms with van der Waals surface area (Å²) in [4.78, 5) is 7.84. The van der Waals surface area contributed by atoms with Crippen molar-refractivity contribution in [3.8, 4) is 5.88 Å². The second kappa shape index (κ2) is 7.50. The van der Waals surface area contributed by atoms with Crippen LogP contribution in [0.4, 0.5) is 14.6 Å². The third kappa shape index (κ3) is 3.91. The molecule has 0 radical (unpaired) electrons. The molecule has 2 heterocycles. The van der Waals surface area contributed by atoms with E-state index in [1.807, 2.05) is 0 Å². The van der Waals surface area contributed by atoms with Crippen LogP contribution in [0.1, 0.15) is 12.8 Å². The SMILES string of the molecule is COc1nccnc1NC1CCN(S(=O)(=O)c2cc(F)cc(F)c2)CC1. The van der Waals surface area contributed by atoms with E-state index in [4.69, 9.17) is 4.74 Å². The van der Waals surface area contributed by atoms with Crippen molar-refractivity contribution < 1.29 is 21.9 Å². The molecule has 1 N–H and O–H groups in total. The molecule has 26 heavy (non-hydrogen) atoms. The van der Waals surface area contributed by atoms with Crippen LogP contribution in [0.5, 0.6) is 5.88 Å². The minimum Gasteiger partial charge on any atom is -0.478 e. The minimum absolute atomic E-state index is 0.0173. The highest BCUT2D eigenvalue weighted by Gasteiger charge is 2.30. The Kier molecular flexibility index (Phi) is 5.33. The molecular formula is C16H18F2N4O3S. The van der Waals surface area contributed by atoms with E-state index in [1.165, 1.54) is 23.8 Å². The van der Waals surface area contributed by atoms with E-state index in [0.29, 0.717) is 30.6 Å². The van der Waals surface area contributed by atoms with E-state index in [9.17, 15) is 17.2 Å². The van der Waals surface area contributed by atoms with Crippen LogP contribution in [0, 0.1) is 11.6 Å². The van der Waals surface area contributed by atoms with Crippen LogP contribution in [-0.2, 0) is 10.0 Å². The Bertz CT molecular complexity index is 867. The Morgan fingerprint density at radius 3 is 2.35 bits per heavy atom. The number of hydrogen-bond acceptors (Lipinski definition) is 6. The van der Waals surface area contributed by atoms with Gasteiger partial charge in [0.1, 0.15) is 11.6 Å². The number of benzene rings is 1. The molecule has 1 aliphatic rings. The summed E-state index contributed by atoms with van der Waals surface area (Å²) in [5.74, 6) is -0.994. The van der Waals surface area contributed by atoms with Crippen LogP contribution in [0.2, 0.25) is 0 Å². The van der Waals surface area contributed by atoms with E-state index in [1.54, 1.807) is 0 Å². The van der Waals surface area contributed by atoms with Crippen molar-refractivity contribution in [3.63, 3.8) is 0 Å². The summed E-state index contributed by atoms with van der Waals surface area (Å²) >= 11 is 0. The van der Waals surface area contributed by atoms with Crippen molar-refractivity contribution in [2.45, 2.75) is 23.8 Å². The Morgan fingerprint density at radius 1 is 1.12 bits per heavy atom. The van der Waals surface area contributed by atoms with E-state index >= 15 is 0 Å². The average molecular weight is 384 g/mol. The van der Waals surface area contributed by atoms with Gasteiger partial charge in [-0.3, -0.25) is 0 Å². The zero-order valence-corrected chi connectivity index (χ0v) is 14.8. The van der Waals surface area contributed by atoms with Crippen molar-refractivity contribution in [1.82, 2.24) is 14.3 Å². The Morgan fingerprint density at radius 2 is 1.73 bits per heavy atom. The van der Waals surface area contributed by atoms with Gasteiger partial charge in [-0.25, -0.2) is 27.2 Å². The van der Waals surface area contributed by atoms with E-state index in [-0.39, 0.29) is 24.0 Å². The Labute approximate surface area is 150 Å². The number of nitrogens with zero attached hydrogens (tertiary/aromatic N) is 3. The lowest BCUT2D eigenvalue weighted by atomic mass is 10.1. The molecule has 0 bridgehead atoms. The van der Waals surface area contributed by atoms with Gasteiger partial charge in [0.05, 0.1) is 12.0 Å². The van der Waals surface area contributed by atoms with Crippen LogP contribution in [0.25, 0.3) is 0 Å². The van der Waals surface area contributed by atoms with Crippen molar-refractivity contribution >= 4 is 15.8 Å². The number of nitrogens with one attached hydrogen (secondary N) is 1. The van der Waals surface area contributed by atoms with E-state index in [0.717, 1.165) is 12.1 Å². The van der Waals surface area contributed by atoms with Crippen LogP contribution >= 0.6 is 0 Å². The molecule has 3 rings (SSSR count). The number of aromatic nitrogens is 2. The molecule has 0 amide bonds. The average Bonchev–Trinajstić information content (AvgIpc) is 2.62. The second-order valence-corrected chi connectivity index (χ2v) is 7.78. The lowest BCUT2D eigenvalue weighted by Crippen LogP contribution is -2.42. The fraction of sp³-hybridized carbons (Fsp3) is 0.375. The summed E-state index contributed by atoms with van der Waals surface area (Å²) < 4.78 is 58.2. The van der Waals surface area contributed by atoms with Gasteiger partial charge in [-0.2, -0.15) is 4.31 Å². The molecule has 1 saturated heterocycles. The summed E-state index contributed by atoms with van der Waals surface area (Å²) in [5.41, 5.74) is 0. The molecule has 1 aromatic carbocycles. The van der Waals surface area contributed by atoms with Gasteiger partial charge in [0, 0.05) is 37.6 Å². The van der Waals surface area contributed by atoms with Gasteiger partial charge in [0.15, 0.2) is 5.82 Å². The molecule has 0 saturated carbocycles. The molecule has 0 spiro atoms. The zero-order chi connectivity index (χ0) is 18.7. The maximum atomic E-state index is 13.3. The Hall–Kier alpha value is -2.33. The van der Waals surface area contributed by atoms with Crippen molar-refractivity contribution in [3.05, 3.63) is 42.2 Å². The van der Waals surface area contributed by atoms with E-state index in [2.05, 4.69) is 15.3 Å². The monoisotopic (exact) mass is 384 g/mol. The summed E-state index contributed by atoms with van der Waals surface area (Å²) in [6.07, 6.45) is 4.06. The fourth-order valence-electron chi connectivity index (χ4n) is 2.83. The third-order valence-corrected chi connectivity index (χ3v) is 6.00. The summed E-state index contributed by atoms with van der Waals surface area (Å²) in [5, 5.41) is 3.19. The van der Waals surface area contributed by atoms with Crippen molar-refractivity contribution in [2.24, 2.45) is 0 Å². The fourth-order valence-corrected chi connectivity index (χ4v) is 4.35. The molecule has 1 aromatic heterocycles. The molecule has 0 unspecified atom stereocenters. The minimum atomic E-state index is -3.94. The number of rotatable bonds is 5. The highest BCUT2D eigenvalue weighted by molar-refractivity contribution is 7.89. The van der Waals surface area contributed by atoms with Gasteiger partial charge in [0.2, 0.25) is 10.0 Å². The molecule has 10 heteroatoms. The van der Waals surface area contributed by atoms with Gasteiger partial charge < -0.3 is 10.1 Å². The number of piperidine rings is 1. The first-order chi connectivity index (χ1) is 12.4. The second-order valence-electron chi connectivity index (χ2n) is 5.84. The maximum Gasteiger partial charge on any atom is 0.257 e. The molecule has 140 valence electrons. The zero-order valence-electron chi connectivity index (χ0n) is 14.0. The topological polar surface area (TPSA) is 84.4 Å². The molecule has 1 fully saturated rings. The largest absolute Gasteiger partial charge is 0.478 e. The van der Waals surface area contributed by atoms with Gasteiger partial charge in [-0.15, -0.1) is 0 Å². The molecule has 0 aliphatic carbocycles. The normalized spacial score (nSPS) is 16.4. The lowest BCUT2D eigenvalue weighted by Gasteiger charge is -2.32. The molecular weight excluding hydrogens is 366 g/mol. The van der Waals surface area contributed by atoms with Crippen LogP contribution < -0.4 is 10.1 Å². The molecule has 1 aliphatic heterocycles. The standard InChI is InChI=1S/C16H18F2N4O3S/c1-25-16-15(19-4-5-20-16)21-13-2-6-22(7-3-13)26(23,24)14-9-11(17)8-12(18)10-14/h4-5,8-10,13H,2-3,6-7H2,1H3,(H,19,21). The predicted octanol–water partition coefficient (Wildman–Crippen LogP) is 2.03. The molecule has 0 atom stereocenters. The lowest BCUT2D eigenvalue weighted by molar-refractivity contribution is 0.328. The van der Waals surface area contributed by atoms with Gasteiger partial charge in [0.25, 0.3) is 5.88 Å².